The van der Waals surface area contributed by atoms with Crippen LogP contribution in [-0.4, -0.2) is 40.7 Å². The second-order valence-corrected chi connectivity index (χ2v) is 6.00. The van der Waals surface area contributed by atoms with Crippen LogP contribution in [0.25, 0.3) is 22.3 Å². The lowest BCUT2D eigenvalue weighted by atomic mass is 10.1. The number of hydrogen-bond donors (Lipinski definition) is 1. The maximum Gasteiger partial charge on any atom is 0.239 e. The maximum absolute atomic E-state index is 13.2. The van der Waals surface area contributed by atoms with Crippen LogP contribution in [0.15, 0.2) is 33.5 Å². The van der Waals surface area contributed by atoms with Crippen molar-refractivity contribution in [1.29, 1.82) is 0 Å². The van der Waals surface area contributed by atoms with Crippen LogP contribution in [-0.2, 0) is 6.61 Å². The van der Waals surface area contributed by atoms with Crippen molar-refractivity contribution in [3.05, 3.63) is 40.1 Å². The van der Waals surface area contributed by atoms with Gasteiger partial charge in [-0.3, -0.25) is 4.79 Å². The van der Waals surface area contributed by atoms with Crippen molar-refractivity contribution >= 4 is 11.0 Å². The minimum atomic E-state index is -0.432. The molecule has 0 amide bonds. The van der Waals surface area contributed by atoms with E-state index in [4.69, 9.17) is 28.1 Å². The Balaban J connectivity index is 2.44. The summed E-state index contributed by atoms with van der Waals surface area (Å²) >= 11 is 0. The molecule has 3 aromatic rings. The van der Waals surface area contributed by atoms with E-state index in [1.165, 1.54) is 41.6 Å². The monoisotopic (exact) mass is 402 g/mol. The topological polar surface area (TPSA) is 96.6 Å². The highest BCUT2D eigenvalue weighted by atomic mass is 16.5. The maximum atomic E-state index is 13.2. The van der Waals surface area contributed by atoms with Gasteiger partial charge in [-0.25, -0.2) is 0 Å². The minimum absolute atomic E-state index is 0.00169. The van der Waals surface area contributed by atoms with E-state index in [1.54, 1.807) is 18.2 Å². The molecule has 0 radical (unpaired) electrons. The molecule has 154 valence electrons. The summed E-state index contributed by atoms with van der Waals surface area (Å²) in [4.78, 5) is 13.2. The number of benzene rings is 2. The van der Waals surface area contributed by atoms with E-state index in [1.807, 2.05) is 0 Å². The van der Waals surface area contributed by atoms with Gasteiger partial charge in [-0.2, -0.15) is 0 Å². The fourth-order valence-electron chi connectivity index (χ4n) is 3.20. The SMILES string of the molecule is COc1ccc(-c2oc3c(OC)c(CO)cc(OC)c3c(=O)c2OC)cc1OC. The zero-order chi connectivity index (χ0) is 21.1. The van der Waals surface area contributed by atoms with Gasteiger partial charge in [-0.05, 0) is 24.3 Å². The van der Waals surface area contributed by atoms with Crippen molar-refractivity contribution in [3.8, 4) is 40.1 Å². The third-order valence-corrected chi connectivity index (χ3v) is 4.56. The lowest BCUT2D eigenvalue weighted by molar-refractivity contribution is 0.272. The quantitative estimate of drug-likeness (QED) is 0.644. The van der Waals surface area contributed by atoms with Crippen LogP contribution in [0.3, 0.4) is 0 Å². The molecule has 1 heterocycles. The third-order valence-electron chi connectivity index (χ3n) is 4.56. The first kappa shape index (κ1) is 20.3. The molecule has 0 atom stereocenters. The normalized spacial score (nSPS) is 10.7. The number of aliphatic hydroxyl groups excluding tert-OH is 1. The standard InChI is InChI=1S/C21H22O8/c1-24-13-7-6-11(8-14(13)25-2)19-21(28-5)17(23)16-15(26-3)9-12(10-22)18(27-4)20(16)29-19/h6-9,22H,10H2,1-5H3. The van der Waals surface area contributed by atoms with Crippen LogP contribution in [0.5, 0.6) is 28.7 Å². The summed E-state index contributed by atoms with van der Waals surface area (Å²) in [6.45, 7) is -0.323. The molecular weight excluding hydrogens is 380 g/mol. The molecule has 0 aliphatic carbocycles. The van der Waals surface area contributed by atoms with E-state index < -0.39 is 5.43 Å². The summed E-state index contributed by atoms with van der Waals surface area (Å²) in [5.41, 5.74) is 0.669. The Morgan fingerprint density at radius 2 is 1.48 bits per heavy atom. The van der Waals surface area contributed by atoms with E-state index in [0.29, 0.717) is 22.6 Å². The number of methoxy groups -OCH3 is 5. The molecule has 1 N–H and O–H groups in total. The van der Waals surface area contributed by atoms with Gasteiger partial charge >= 0.3 is 0 Å². The van der Waals surface area contributed by atoms with Crippen LogP contribution < -0.4 is 29.1 Å². The predicted octanol–water partition coefficient (Wildman–Crippen LogP) is 3.00. The molecule has 1 aromatic heterocycles. The number of ether oxygens (including phenoxy) is 5. The summed E-state index contributed by atoms with van der Waals surface area (Å²) in [7, 11) is 7.28. The fraction of sp³-hybridized carbons (Fsp3) is 0.286. The second-order valence-electron chi connectivity index (χ2n) is 6.00. The van der Waals surface area contributed by atoms with Gasteiger partial charge in [0.2, 0.25) is 11.2 Å². The van der Waals surface area contributed by atoms with E-state index in [2.05, 4.69) is 0 Å². The summed E-state index contributed by atoms with van der Waals surface area (Å²) in [6, 6.07) is 6.62. The molecule has 0 aliphatic heterocycles. The van der Waals surface area contributed by atoms with Gasteiger partial charge in [0.05, 0.1) is 42.2 Å². The van der Waals surface area contributed by atoms with E-state index in [9.17, 15) is 9.90 Å². The molecular formula is C21H22O8. The summed E-state index contributed by atoms with van der Waals surface area (Å²) < 4.78 is 32.8. The first-order chi connectivity index (χ1) is 14.0. The smallest absolute Gasteiger partial charge is 0.239 e. The molecule has 0 saturated carbocycles. The van der Waals surface area contributed by atoms with E-state index in [-0.39, 0.29) is 40.6 Å². The molecule has 0 bridgehead atoms. The van der Waals surface area contributed by atoms with Crippen molar-refractivity contribution in [1.82, 2.24) is 0 Å². The van der Waals surface area contributed by atoms with Gasteiger partial charge in [0.25, 0.3) is 0 Å². The zero-order valence-corrected chi connectivity index (χ0v) is 16.8. The van der Waals surface area contributed by atoms with Gasteiger partial charge in [0.15, 0.2) is 28.6 Å². The van der Waals surface area contributed by atoms with Gasteiger partial charge < -0.3 is 33.2 Å². The molecule has 0 fully saturated rings. The Bertz CT molecular complexity index is 1100. The van der Waals surface area contributed by atoms with Crippen molar-refractivity contribution in [2.24, 2.45) is 0 Å². The van der Waals surface area contributed by atoms with Crippen molar-refractivity contribution in [2.75, 3.05) is 35.5 Å². The molecule has 3 rings (SSSR count). The molecule has 29 heavy (non-hydrogen) atoms. The van der Waals surface area contributed by atoms with Gasteiger partial charge in [0, 0.05) is 11.1 Å². The average molecular weight is 402 g/mol. The minimum Gasteiger partial charge on any atom is -0.496 e. The van der Waals surface area contributed by atoms with Crippen molar-refractivity contribution < 1.29 is 33.2 Å². The van der Waals surface area contributed by atoms with Crippen LogP contribution in [0, 0.1) is 0 Å². The van der Waals surface area contributed by atoms with E-state index in [0.717, 1.165) is 0 Å². The van der Waals surface area contributed by atoms with Gasteiger partial charge in [0.1, 0.15) is 11.1 Å². The average Bonchev–Trinajstić information content (AvgIpc) is 2.76. The summed E-state index contributed by atoms with van der Waals surface area (Å²) in [6.07, 6.45) is 0. The highest BCUT2D eigenvalue weighted by Crippen LogP contribution is 2.41. The Labute approximate surface area is 167 Å². The lowest BCUT2D eigenvalue weighted by Gasteiger charge is -2.16. The molecule has 0 spiro atoms. The predicted molar refractivity (Wildman–Crippen MR) is 107 cm³/mol. The first-order valence-corrected chi connectivity index (χ1v) is 8.66. The van der Waals surface area contributed by atoms with Crippen LogP contribution in [0.4, 0.5) is 0 Å². The van der Waals surface area contributed by atoms with Crippen molar-refractivity contribution in [2.45, 2.75) is 6.61 Å². The van der Waals surface area contributed by atoms with Crippen LogP contribution in [0.2, 0.25) is 0 Å². The second kappa shape index (κ2) is 8.32. The molecule has 2 aromatic carbocycles. The van der Waals surface area contributed by atoms with E-state index >= 15 is 0 Å². The Kier molecular flexibility index (Phi) is 5.84. The highest BCUT2D eigenvalue weighted by molar-refractivity contribution is 5.92. The number of aliphatic hydroxyl groups is 1. The largest absolute Gasteiger partial charge is 0.496 e. The van der Waals surface area contributed by atoms with Gasteiger partial charge in [-0.15, -0.1) is 0 Å². The Morgan fingerprint density at radius 3 is 2.03 bits per heavy atom. The number of fused-ring (bicyclic) bond motifs is 1. The lowest BCUT2D eigenvalue weighted by Crippen LogP contribution is -2.10. The molecule has 0 aliphatic rings. The molecule has 0 unspecified atom stereocenters. The third kappa shape index (κ3) is 3.31. The first-order valence-electron chi connectivity index (χ1n) is 8.66. The Hall–Kier alpha value is -3.39. The zero-order valence-electron chi connectivity index (χ0n) is 16.8. The van der Waals surface area contributed by atoms with Crippen molar-refractivity contribution in [3.63, 3.8) is 0 Å². The van der Waals surface area contributed by atoms with Crippen LogP contribution >= 0.6 is 0 Å². The van der Waals surface area contributed by atoms with Crippen LogP contribution in [0.1, 0.15) is 5.56 Å². The summed E-state index contributed by atoms with van der Waals surface area (Å²) in [5, 5.41) is 9.86. The molecule has 8 nitrogen and oxygen atoms in total. The van der Waals surface area contributed by atoms with Gasteiger partial charge in [-0.1, -0.05) is 0 Å². The fourth-order valence-corrected chi connectivity index (χ4v) is 3.20. The Morgan fingerprint density at radius 1 is 0.828 bits per heavy atom. The number of rotatable bonds is 7. The summed E-state index contributed by atoms with van der Waals surface area (Å²) in [5.74, 6) is 1.66. The highest BCUT2D eigenvalue weighted by Gasteiger charge is 2.25. The molecule has 0 saturated heterocycles. The molecule has 8 heteroatoms. The number of hydrogen-bond acceptors (Lipinski definition) is 8.